The summed E-state index contributed by atoms with van der Waals surface area (Å²) in [5.41, 5.74) is 10.4. The molecule has 1 aromatic heterocycles. The van der Waals surface area contributed by atoms with Gasteiger partial charge in [0.15, 0.2) is 11.5 Å². The Balaban J connectivity index is 0.00000192. The highest BCUT2D eigenvalue weighted by Crippen LogP contribution is 2.29. The molecule has 1 aliphatic rings. The van der Waals surface area contributed by atoms with E-state index in [2.05, 4.69) is 4.98 Å². The normalized spacial score (nSPS) is 12.5. The first-order valence-corrected chi connectivity index (χ1v) is 7.53. The summed E-state index contributed by atoms with van der Waals surface area (Å²) in [4.78, 5) is 9.36. The van der Waals surface area contributed by atoms with E-state index in [9.17, 15) is 0 Å². The smallest absolute Gasteiger partial charge is 0.161 e. The number of hydrogen-bond acceptors (Lipinski definition) is 5. The van der Waals surface area contributed by atoms with Crippen LogP contribution in [0.2, 0.25) is 0 Å². The molecule has 3 rings (SSSR count). The lowest BCUT2D eigenvalue weighted by Crippen LogP contribution is -2.10. The van der Waals surface area contributed by atoms with Crippen molar-refractivity contribution in [2.24, 2.45) is 5.73 Å². The molecular formula is C17H22ClN3O2. The van der Waals surface area contributed by atoms with Gasteiger partial charge in [-0.2, -0.15) is 0 Å². The molecule has 0 fully saturated rings. The third-order valence-corrected chi connectivity index (χ3v) is 4.07. The molecule has 2 N–H and O–H groups in total. The molecule has 0 saturated carbocycles. The van der Waals surface area contributed by atoms with Crippen molar-refractivity contribution in [3.8, 4) is 11.5 Å². The fraction of sp³-hybridized carbons (Fsp3) is 0.412. The van der Waals surface area contributed by atoms with Gasteiger partial charge in [0.2, 0.25) is 0 Å². The molecule has 2 aromatic rings. The monoisotopic (exact) mass is 335 g/mol. The summed E-state index contributed by atoms with van der Waals surface area (Å²) in [5, 5.41) is 0. The van der Waals surface area contributed by atoms with Gasteiger partial charge in [-0.3, -0.25) is 0 Å². The second-order valence-corrected chi connectivity index (χ2v) is 5.44. The first-order chi connectivity index (χ1) is 10.7. The number of benzene rings is 1. The number of hydrogen-bond donors (Lipinski definition) is 1. The summed E-state index contributed by atoms with van der Waals surface area (Å²) in [6.45, 7) is 0.476. The highest BCUT2D eigenvalue weighted by atomic mass is 35.5. The zero-order valence-electron chi connectivity index (χ0n) is 13.5. The van der Waals surface area contributed by atoms with Gasteiger partial charge in [-0.15, -0.1) is 12.4 Å². The Morgan fingerprint density at radius 1 is 1.09 bits per heavy atom. The molecule has 0 spiro atoms. The minimum absolute atomic E-state index is 0. The van der Waals surface area contributed by atoms with Gasteiger partial charge in [0.25, 0.3) is 0 Å². The molecule has 0 amide bonds. The molecule has 0 unspecified atom stereocenters. The van der Waals surface area contributed by atoms with Crippen LogP contribution in [-0.4, -0.2) is 24.2 Å². The minimum Gasteiger partial charge on any atom is -0.493 e. The highest BCUT2D eigenvalue weighted by Gasteiger charge is 2.18. The van der Waals surface area contributed by atoms with Gasteiger partial charge >= 0.3 is 0 Å². The van der Waals surface area contributed by atoms with E-state index in [1.165, 1.54) is 11.3 Å². The lowest BCUT2D eigenvalue weighted by atomic mass is 10.1. The van der Waals surface area contributed by atoms with E-state index in [0.717, 1.165) is 47.8 Å². The van der Waals surface area contributed by atoms with E-state index in [1.807, 2.05) is 18.2 Å². The molecule has 0 aliphatic heterocycles. The number of aromatic nitrogens is 2. The Morgan fingerprint density at radius 3 is 2.57 bits per heavy atom. The van der Waals surface area contributed by atoms with Crippen LogP contribution in [0.15, 0.2) is 18.2 Å². The summed E-state index contributed by atoms with van der Waals surface area (Å²) < 4.78 is 10.6. The van der Waals surface area contributed by atoms with Gasteiger partial charge in [0.05, 0.1) is 19.9 Å². The van der Waals surface area contributed by atoms with E-state index in [0.29, 0.717) is 13.0 Å². The zero-order valence-corrected chi connectivity index (χ0v) is 14.3. The van der Waals surface area contributed by atoms with E-state index >= 15 is 0 Å². The topological polar surface area (TPSA) is 70.3 Å². The van der Waals surface area contributed by atoms with Crippen molar-refractivity contribution < 1.29 is 9.47 Å². The van der Waals surface area contributed by atoms with E-state index in [-0.39, 0.29) is 12.4 Å². The van der Waals surface area contributed by atoms with Crippen molar-refractivity contribution in [3.05, 3.63) is 46.5 Å². The second kappa shape index (κ2) is 7.62. The maximum Gasteiger partial charge on any atom is 0.161 e. The summed E-state index contributed by atoms with van der Waals surface area (Å²) >= 11 is 0. The summed E-state index contributed by atoms with van der Waals surface area (Å²) in [6, 6.07) is 5.89. The number of nitrogens with zero attached hydrogens (tertiary/aromatic N) is 2. The molecule has 124 valence electrons. The largest absolute Gasteiger partial charge is 0.493 e. The average molecular weight is 336 g/mol. The first kappa shape index (κ1) is 17.5. The molecule has 0 bridgehead atoms. The van der Waals surface area contributed by atoms with Gasteiger partial charge in [0.1, 0.15) is 5.82 Å². The summed E-state index contributed by atoms with van der Waals surface area (Å²) in [6.07, 6.45) is 3.90. The van der Waals surface area contributed by atoms with Crippen molar-refractivity contribution >= 4 is 12.4 Å². The molecule has 23 heavy (non-hydrogen) atoms. The molecular weight excluding hydrogens is 314 g/mol. The van der Waals surface area contributed by atoms with Crippen LogP contribution in [0, 0.1) is 0 Å². The zero-order chi connectivity index (χ0) is 15.5. The number of nitrogens with two attached hydrogens (primary N) is 1. The number of rotatable bonds is 5. The molecule has 6 heteroatoms. The summed E-state index contributed by atoms with van der Waals surface area (Å²) in [7, 11) is 3.27. The van der Waals surface area contributed by atoms with Gasteiger partial charge in [0, 0.05) is 18.7 Å². The molecule has 1 aliphatic carbocycles. The lowest BCUT2D eigenvalue weighted by Gasteiger charge is -2.11. The quantitative estimate of drug-likeness (QED) is 0.908. The SMILES string of the molecule is COc1ccc(Cc2nc(CN)c3c(n2)CCC3)cc1OC.Cl. The number of halogens is 1. The van der Waals surface area contributed by atoms with Crippen LogP contribution < -0.4 is 15.2 Å². The van der Waals surface area contributed by atoms with E-state index in [1.54, 1.807) is 14.2 Å². The van der Waals surface area contributed by atoms with Crippen LogP contribution in [0.4, 0.5) is 0 Å². The van der Waals surface area contributed by atoms with Crippen LogP contribution in [0.3, 0.4) is 0 Å². The molecule has 0 saturated heterocycles. The third-order valence-electron chi connectivity index (χ3n) is 4.07. The maximum atomic E-state index is 5.84. The number of ether oxygens (including phenoxy) is 2. The van der Waals surface area contributed by atoms with Crippen LogP contribution in [0.5, 0.6) is 11.5 Å². The van der Waals surface area contributed by atoms with Gasteiger partial charge in [-0.1, -0.05) is 6.07 Å². The van der Waals surface area contributed by atoms with Gasteiger partial charge in [-0.25, -0.2) is 9.97 Å². The average Bonchev–Trinajstić information content (AvgIpc) is 3.02. The minimum atomic E-state index is 0. The molecule has 0 atom stereocenters. The third kappa shape index (κ3) is 3.57. The van der Waals surface area contributed by atoms with Crippen molar-refractivity contribution in [1.82, 2.24) is 9.97 Å². The number of aryl methyl sites for hydroxylation is 1. The Hall–Kier alpha value is -1.85. The van der Waals surface area contributed by atoms with Crippen molar-refractivity contribution in [2.45, 2.75) is 32.2 Å². The molecule has 0 radical (unpaired) electrons. The van der Waals surface area contributed by atoms with Gasteiger partial charge in [-0.05, 0) is 42.5 Å². The van der Waals surface area contributed by atoms with Crippen molar-refractivity contribution in [1.29, 1.82) is 0 Å². The Morgan fingerprint density at radius 2 is 1.87 bits per heavy atom. The number of methoxy groups -OCH3 is 2. The van der Waals surface area contributed by atoms with Crippen LogP contribution in [-0.2, 0) is 25.8 Å². The van der Waals surface area contributed by atoms with Crippen molar-refractivity contribution in [3.63, 3.8) is 0 Å². The lowest BCUT2D eigenvalue weighted by molar-refractivity contribution is 0.354. The standard InChI is InChI=1S/C17H21N3O2.ClH/c1-21-15-7-6-11(8-16(15)22-2)9-17-19-13-5-3-4-12(13)14(10-18)20-17;/h6-8H,3-5,9-10,18H2,1-2H3;1H. The molecule has 5 nitrogen and oxygen atoms in total. The predicted molar refractivity (Wildman–Crippen MR) is 91.5 cm³/mol. The first-order valence-electron chi connectivity index (χ1n) is 7.53. The van der Waals surface area contributed by atoms with E-state index in [4.69, 9.17) is 20.2 Å². The predicted octanol–water partition coefficient (Wildman–Crippen LogP) is 2.45. The fourth-order valence-electron chi connectivity index (χ4n) is 2.99. The van der Waals surface area contributed by atoms with E-state index < -0.39 is 0 Å². The highest BCUT2D eigenvalue weighted by molar-refractivity contribution is 5.85. The van der Waals surface area contributed by atoms with Gasteiger partial charge < -0.3 is 15.2 Å². The summed E-state index contributed by atoms with van der Waals surface area (Å²) in [5.74, 6) is 2.28. The van der Waals surface area contributed by atoms with Crippen LogP contribution in [0.25, 0.3) is 0 Å². The Labute approximate surface area is 142 Å². The fourth-order valence-corrected chi connectivity index (χ4v) is 2.99. The van der Waals surface area contributed by atoms with Crippen molar-refractivity contribution in [2.75, 3.05) is 14.2 Å². The maximum absolute atomic E-state index is 5.84. The van der Waals surface area contributed by atoms with Crippen LogP contribution >= 0.6 is 12.4 Å². The Kier molecular flexibility index (Phi) is 5.80. The molecule has 1 heterocycles. The van der Waals surface area contributed by atoms with Crippen LogP contribution in [0.1, 0.15) is 34.8 Å². The molecule has 1 aromatic carbocycles. The Bertz CT molecular complexity index is 692. The second-order valence-electron chi connectivity index (χ2n) is 5.44. The number of fused-ring (bicyclic) bond motifs is 1.